The molecule has 0 fully saturated rings. The Labute approximate surface area is 166 Å². The normalized spacial score (nSPS) is 11.8. The van der Waals surface area contributed by atoms with E-state index in [2.05, 4.69) is 15.3 Å². The fourth-order valence-electron chi connectivity index (χ4n) is 3.00. The molecule has 0 aliphatic carbocycles. The van der Waals surface area contributed by atoms with Crippen LogP contribution in [0.3, 0.4) is 0 Å². The van der Waals surface area contributed by atoms with Gasteiger partial charge in [-0.25, -0.2) is 9.97 Å². The Morgan fingerprint density at radius 1 is 1.03 bits per heavy atom. The van der Waals surface area contributed by atoms with Crippen LogP contribution < -0.4 is 5.32 Å². The van der Waals surface area contributed by atoms with E-state index in [4.69, 9.17) is 0 Å². The number of aryl methyl sites for hydroxylation is 1. The van der Waals surface area contributed by atoms with Crippen molar-refractivity contribution in [3.63, 3.8) is 0 Å². The van der Waals surface area contributed by atoms with Crippen LogP contribution in [-0.2, 0) is 17.5 Å². The maximum atomic E-state index is 13.1. The quantitative estimate of drug-likeness (QED) is 0.663. The zero-order chi connectivity index (χ0) is 21.0. The maximum Gasteiger partial charge on any atom is 0.418 e. The summed E-state index contributed by atoms with van der Waals surface area (Å²) in [5.41, 5.74) is 1.92. The van der Waals surface area contributed by atoms with Crippen molar-refractivity contribution in [2.75, 3.05) is 18.4 Å². The van der Waals surface area contributed by atoms with Gasteiger partial charge in [-0.15, -0.1) is 0 Å². The van der Waals surface area contributed by atoms with Gasteiger partial charge >= 0.3 is 6.18 Å². The van der Waals surface area contributed by atoms with Crippen molar-refractivity contribution in [2.24, 2.45) is 0 Å². The van der Waals surface area contributed by atoms with Gasteiger partial charge < -0.3 is 5.32 Å². The number of amides is 1. The second-order valence-corrected chi connectivity index (χ2v) is 6.64. The van der Waals surface area contributed by atoms with E-state index in [0.717, 1.165) is 28.5 Å². The first kappa shape index (κ1) is 20.7. The molecule has 0 aliphatic rings. The van der Waals surface area contributed by atoms with Gasteiger partial charge in [0.15, 0.2) is 0 Å². The molecule has 0 spiro atoms. The molecule has 0 atom stereocenters. The SMILES string of the molecule is CCN(CC(=O)Nc1ccccc1C(F)(F)F)Cc1nc2ccccc2nc1C. The number of carbonyl (C=O) groups is 1. The van der Waals surface area contributed by atoms with Crippen molar-refractivity contribution in [3.8, 4) is 0 Å². The number of nitrogens with one attached hydrogen (secondary N) is 1. The van der Waals surface area contributed by atoms with Crippen LogP contribution in [-0.4, -0.2) is 33.9 Å². The van der Waals surface area contributed by atoms with Crippen molar-refractivity contribution in [1.82, 2.24) is 14.9 Å². The summed E-state index contributed by atoms with van der Waals surface area (Å²) in [5.74, 6) is -0.519. The fraction of sp³-hybridized carbons (Fsp3) is 0.286. The van der Waals surface area contributed by atoms with Gasteiger partial charge in [-0.1, -0.05) is 31.2 Å². The molecule has 8 heteroatoms. The molecule has 2 aromatic carbocycles. The number of carbonyl (C=O) groups excluding carboxylic acids is 1. The second-order valence-electron chi connectivity index (χ2n) is 6.64. The van der Waals surface area contributed by atoms with Crippen LogP contribution in [0, 0.1) is 6.92 Å². The third-order valence-corrected chi connectivity index (χ3v) is 4.54. The third-order valence-electron chi connectivity index (χ3n) is 4.54. The average Bonchev–Trinajstić information content (AvgIpc) is 2.67. The van der Waals surface area contributed by atoms with Crippen LogP contribution in [0.15, 0.2) is 48.5 Å². The van der Waals surface area contributed by atoms with E-state index < -0.39 is 17.6 Å². The molecule has 3 rings (SSSR count). The predicted octanol–water partition coefficient (Wildman–Crippen LogP) is 4.42. The Morgan fingerprint density at radius 2 is 1.66 bits per heavy atom. The number of alkyl halides is 3. The molecule has 0 radical (unpaired) electrons. The highest BCUT2D eigenvalue weighted by Gasteiger charge is 2.33. The summed E-state index contributed by atoms with van der Waals surface area (Å²) >= 11 is 0. The monoisotopic (exact) mass is 402 g/mol. The van der Waals surface area contributed by atoms with E-state index >= 15 is 0 Å². The summed E-state index contributed by atoms with van der Waals surface area (Å²) in [5, 5.41) is 2.38. The summed E-state index contributed by atoms with van der Waals surface area (Å²) in [6.07, 6.45) is -4.54. The number of nitrogens with zero attached hydrogens (tertiary/aromatic N) is 3. The molecular formula is C21H21F3N4O. The molecule has 5 nitrogen and oxygen atoms in total. The van der Waals surface area contributed by atoms with E-state index in [1.807, 2.05) is 38.1 Å². The van der Waals surface area contributed by atoms with Crippen LogP contribution in [0.2, 0.25) is 0 Å². The zero-order valence-corrected chi connectivity index (χ0v) is 16.1. The topological polar surface area (TPSA) is 58.1 Å². The molecule has 29 heavy (non-hydrogen) atoms. The Kier molecular flexibility index (Phi) is 6.12. The maximum absolute atomic E-state index is 13.1. The van der Waals surface area contributed by atoms with Crippen molar-refractivity contribution in [2.45, 2.75) is 26.6 Å². The fourth-order valence-corrected chi connectivity index (χ4v) is 3.00. The molecule has 1 aromatic heterocycles. The van der Waals surface area contributed by atoms with Crippen LogP contribution in [0.1, 0.15) is 23.9 Å². The van der Waals surface area contributed by atoms with Crippen LogP contribution >= 0.6 is 0 Å². The molecule has 152 valence electrons. The summed E-state index contributed by atoms with van der Waals surface area (Å²) in [6, 6.07) is 12.4. The van der Waals surface area contributed by atoms with Gasteiger partial charge in [-0.05, 0) is 37.7 Å². The Hall–Kier alpha value is -3.00. The van der Waals surface area contributed by atoms with Gasteiger partial charge in [0.05, 0.1) is 40.2 Å². The standard InChI is InChI=1S/C21H21F3N4O/c1-3-28(12-19-14(2)25-17-10-6-7-11-18(17)26-19)13-20(29)27-16-9-5-4-8-15(16)21(22,23)24/h4-11H,3,12-13H2,1-2H3,(H,27,29). The first-order valence-corrected chi connectivity index (χ1v) is 9.18. The Bertz CT molecular complexity index is 1020. The van der Waals surface area contributed by atoms with E-state index in [1.54, 1.807) is 4.90 Å². The lowest BCUT2D eigenvalue weighted by atomic mass is 10.1. The summed E-state index contributed by atoms with van der Waals surface area (Å²) in [4.78, 5) is 23.3. The molecule has 1 heterocycles. The molecule has 1 amide bonds. The van der Waals surface area contributed by atoms with Crippen molar-refractivity contribution in [3.05, 3.63) is 65.5 Å². The number of hydrogen-bond acceptors (Lipinski definition) is 4. The molecule has 0 aliphatic heterocycles. The first-order valence-electron chi connectivity index (χ1n) is 9.18. The van der Waals surface area contributed by atoms with E-state index in [1.165, 1.54) is 18.2 Å². The number of benzene rings is 2. The van der Waals surface area contributed by atoms with Gasteiger partial charge in [0, 0.05) is 6.54 Å². The Balaban J connectivity index is 1.72. The first-order chi connectivity index (χ1) is 13.8. The van der Waals surface area contributed by atoms with Gasteiger partial charge in [0.2, 0.25) is 5.91 Å². The molecule has 0 saturated carbocycles. The van der Waals surface area contributed by atoms with Gasteiger partial charge in [0.25, 0.3) is 0 Å². The minimum absolute atomic E-state index is 0.0589. The van der Waals surface area contributed by atoms with E-state index in [-0.39, 0.29) is 12.2 Å². The number of para-hydroxylation sites is 3. The molecule has 1 N–H and O–H groups in total. The molecular weight excluding hydrogens is 381 g/mol. The second kappa shape index (κ2) is 8.57. The summed E-state index contributed by atoms with van der Waals surface area (Å²) in [6.45, 7) is 4.57. The van der Waals surface area contributed by atoms with Crippen LogP contribution in [0.4, 0.5) is 18.9 Å². The van der Waals surface area contributed by atoms with Gasteiger partial charge in [-0.2, -0.15) is 13.2 Å². The number of aromatic nitrogens is 2. The van der Waals surface area contributed by atoms with Gasteiger partial charge in [-0.3, -0.25) is 9.69 Å². The highest BCUT2D eigenvalue weighted by Crippen LogP contribution is 2.34. The number of fused-ring (bicyclic) bond motifs is 1. The van der Waals surface area contributed by atoms with E-state index in [0.29, 0.717) is 13.1 Å². The number of rotatable bonds is 6. The largest absolute Gasteiger partial charge is 0.418 e. The highest BCUT2D eigenvalue weighted by molar-refractivity contribution is 5.93. The number of likely N-dealkylation sites (N-methyl/N-ethyl adjacent to an activating group) is 1. The zero-order valence-electron chi connectivity index (χ0n) is 16.1. The lowest BCUT2D eigenvalue weighted by Crippen LogP contribution is -2.33. The molecule has 0 unspecified atom stereocenters. The lowest BCUT2D eigenvalue weighted by molar-refractivity contribution is -0.137. The predicted molar refractivity (Wildman–Crippen MR) is 105 cm³/mol. The Morgan fingerprint density at radius 3 is 2.31 bits per heavy atom. The van der Waals surface area contributed by atoms with E-state index in [9.17, 15) is 18.0 Å². The van der Waals surface area contributed by atoms with Crippen LogP contribution in [0.25, 0.3) is 11.0 Å². The number of halogens is 3. The number of hydrogen-bond donors (Lipinski definition) is 1. The van der Waals surface area contributed by atoms with Gasteiger partial charge in [0.1, 0.15) is 0 Å². The average molecular weight is 402 g/mol. The third kappa shape index (κ3) is 5.08. The van der Waals surface area contributed by atoms with Crippen LogP contribution in [0.5, 0.6) is 0 Å². The van der Waals surface area contributed by atoms with Crippen molar-refractivity contribution < 1.29 is 18.0 Å². The lowest BCUT2D eigenvalue weighted by Gasteiger charge is -2.21. The molecule has 0 saturated heterocycles. The molecule has 3 aromatic rings. The molecule has 0 bridgehead atoms. The summed E-state index contributed by atoms with van der Waals surface area (Å²) in [7, 11) is 0. The highest BCUT2D eigenvalue weighted by atomic mass is 19.4. The number of anilines is 1. The minimum Gasteiger partial charge on any atom is -0.324 e. The summed E-state index contributed by atoms with van der Waals surface area (Å²) < 4.78 is 39.3. The minimum atomic E-state index is -4.54. The van der Waals surface area contributed by atoms with Crippen molar-refractivity contribution in [1.29, 1.82) is 0 Å². The van der Waals surface area contributed by atoms with Crippen molar-refractivity contribution >= 4 is 22.6 Å². The smallest absolute Gasteiger partial charge is 0.324 e.